The molecule has 0 aliphatic carbocycles. The third-order valence-electron chi connectivity index (χ3n) is 5.15. The lowest BCUT2D eigenvalue weighted by Gasteiger charge is -2.43. The number of likely N-dealkylation sites (tertiary alicyclic amines) is 1. The van der Waals surface area contributed by atoms with E-state index in [1.165, 1.54) is 0 Å². The number of nitrogens with zero attached hydrogens (tertiary/aromatic N) is 3. The van der Waals surface area contributed by atoms with Gasteiger partial charge in [0.25, 0.3) is 0 Å². The molecule has 2 saturated heterocycles. The number of aromatic nitrogens is 2. The van der Waals surface area contributed by atoms with Crippen LogP contribution in [0.25, 0.3) is 11.0 Å². The highest BCUT2D eigenvalue weighted by Crippen LogP contribution is 2.28. The lowest BCUT2D eigenvalue weighted by atomic mass is 9.97. The number of carbonyl (C=O) groups is 1. The molecule has 4 rings (SSSR count). The number of aromatic amines is 1. The molecule has 6 heteroatoms. The average molecular weight is 328 g/mol. The van der Waals surface area contributed by atoms with Gasteiger partial charge in [-0.1, -0.05) is 19.1 Å². The molecular weight excluding hydrogens is 304 g/mol. The molecule has 1 N–H and O–H groups in total. The van der Waals surface area contributed by atoms with Crippen molar-refractivity contribution >= 4 is 16.9 Å². The minimum Gasteiger partial charge on any atom is -0.379 e. The summed E-state index contributed by atoms with van der Waals surface area (Å²) >= 11 is 0. The fourth-order valence-corrected chi connectivity index (χ4v) is 3.69. The van der Waals surface area contributed by atoms with Crippen molar-refractivity contribution < 1.29 is 9.53 Å². The maximum Gasteiger partial charge on any atom is 0.239 e. The quantitative estimate of drug-likeness (QED) is 0.926. The van der Waals surface area contributed by atoms with Gasteiger partial charge >= 0.3 is 0 Å². The van der Waals surface area contributed by atoms with Crippen LogP contribution in [-0.2, 0) is 9.53 Å². The van der Waals surface area contributed by atoms with E-state index in [2.05, 4.69) is 21.8 Å². The summed E-state index contributed by atoms with van der Waals surface area (Å²) in [7, 11) is 0. The number of carbonyl (C=O) groups excluding carboxylic acids is 1. The molecule has 2 aliphatic rings. The Morgan fingerprint density at radius 3 is 2.79 bits per heavy atom. The number of fused-ring (bicyclic) bond motifs is 1. The second kappa shape index (κ2) is 6.53. The molecule has 3 heterocycles. The zero-order valence-corrected chi connectivity index (χ0v) is 14.1. The second-order valence-corrected chi connectivity index (χ2v) is 6.65. The molecule has 24 heavy (non-hydrogen) atoms. The number of imidazole rings is 1. The third kappa shape index (κ3) is 2.80. The Kier molecular flexibility index (Phi) is 4.24. The number of nitrogens with one attached hydrogen (secondary N) is 1. The first-order valence-electron chi connectivity index (χ1n) is 8.81. The smallest absolute Gasteiger partial charge is 0.239 e. The van der Waals surface area contributed by atoms with Gasteiger partial charge in [-0.25, -0.2) is 4.98 Å². The summed E-state index contributed by atoms with van der Waals surface area (Å²) in [5, 5.41) is 0. The first kappa shape index (κ1) is 15.6. The maximum absolute atomic E-state index is 12.8. The highest BCUT2D eigenvalue weighted by Gasteiger charge is 2.38. The van der Waals surface area contributed by atoms with E-state index in [4.69, 9.17) is 4.74 Å². The minimum atomic E-state index is -0.00877. The molecule has 1 amide bonds. The van der Waals surface area contributed by atoms with Gasteiger partial charge in [0.2, 0.25) is 5.91 Å². The Morgan fingerprint density at radius 2 is 2.08 bits per heavy atom. The third-order valence-corrected chi connectivity index (χ3v) is 5.15. The minimum absolute atomic E-state index is 0.00877. The van der Waals surface area contributed by atoms with Crippen LogP contribution >= 0.6 is 0 Å². The number of H-pyrrole nitrogens is 1. The van der Waals surface area contributed by atoms with Crippen LogP contribution < -0.4 is 0 Å². The van der Waals surface area contributed by atoms with E-state index >= 15 is 0 Å². The van der Waals surface area contributed by atoms with Crippen LogP contribution in [0.1, 0.15) is 25.1 Å². The van der Waals surface area contributed by atoms with Crippen LogP contribution in [0.15, 0.2) is 24.3 Å². The highest BCUT2D eigenvalue weighted by atomic mass is 16.5. The number of hydrogen-bond donors (Lipinski definition) is 1. The van der Waals surface area contributed by atoms with Crippen molar-refractivity contribution in [1.82, 2.24) is 19.8 Å². The summed E-state index contributed by atoms with van der Waals surface area (Å²) in [5.41, 5.74) is 2.06. The van der Waals surface area contributed by atoms with E-state index in [0.717, 1.165) is 62.7 Å². The molecule has 0 spiro atoms. The fourth-order valence-electron chi connectivity index (χ4n) is 3.69. The Labute approximate surface area is 141 Å². The lowest BCUT2D eigenvalue weighted by molar-refractivity contribution is -0.143. The Hall–Kier alpha value is -1.92. The van der Waals surface area contributed by atoms with E-state index < -0.39 is 0 Å². The van der Waals surface area contributed by atoms with Crippen LogP contribution in [0.3, 0.4) is 0 Å². The van der Waals surface area contributed by atoms with Crippen molar-refractivity contribution in [2.45, 2.75) is 25.3 Å². The standard InChI is InChI=1S/C18H24N4O2/c1-2-16(21-7-9-24-10-8-21)18(23)22-11-13(12-22)17-19-14-5-3-4-6-15(14)20-17/h3-6,13,16H,2,7-12H2,1H3,(H,19,20)/t16-/m1/s1. The van der Waals surface area contributed by atoms with Crippen LogP contribution in [0.2, 0.25) is 0 Å². The van der Waals surface area contributed by atoms with Gasteiger partial charge in [0, 0.05) is 26.2 Å². The summed E-state index contributed by atoms with van der Waals surface area (Å²) < 4.78 is 5.40. The van der Waals surface area contributed by atoms with Crippen molar-refractivity contribution in [3.63, 3.8) is 0 Å². The van der Waals surface area contributed by atoms with Gasteiger partial charge in [0.05, 0.1) is 36.2 Å². The molecular formula is C18H24N4O2. The van der Waals surface area contributed by atoms with E-state index in [-0.39, 0.29) is 11.9 Å². The van der Waals surface area contributed by atoms with E-state index in [9.17, 15) is 4.79 Å². The first-order valence-corrected chi connectivity index (χ1v) is 8.81. The molecule has 1 aromatic heterocycles. The van der Waals surface area contributed by atoms with Gasteiger partial charge in [-0.15, -0.1) is 0 Å². The number of rotatable bonds is 4. The molecule has 0 unspecified atom stereocenters. The molecule has 0 bridgehead atoms. The van der Waals surface area contributed by atoms with Crippen molar-refractivity contribution in [1.29, 1.82) is 0 Å². The number of benzene rings is 1. The average Bonchev–Trinajstić information content (AvgIpc) is 2.98. The summed E-state index contributed by atoms with van der Waals surface area (Å²) in [6.07, 6.45) is 0.852. The van der Waals surface area contributed by atoms with Gasteiger partial charge in [0.1, 0.15) is 5.82 Å². The summed E-state index contributed by atoms with van der Waals surface area (Å²) in [4.78, 5) is 25.1. The number of ether oxygens (including phenoxy) is 1. The topological polar surface area (TPSA) is 61.5 Å². The number of morpholine rings is 1. The molecule has 1 aromatic carbocycles. The molecule has 0 saturated carbocycles. The summed E-state index contributed by atoms with van der Waals surface area (Å²) in [5.74, 6) is 1.58. The van der Waals surface area contributed by atoms with Crippen LogP contribution in [0.5, 0.6) is 0 Å². The molecule has 2 fully saturated rings. The largest absolute Gasteiger partial charge is 0.379 e. The predicted molar refractivity (Wildman–Crippen MR) is 91.9 cm³/mol. The molecule has 128 valence electrons. The number of para-hydroxylation sites is 2. The van der Waals surface area contributed by atoms with Gasteiger partial charge in [0.15, 0.2) is 0 Å². The normalized spacial score (nSPS) is 21.0. The fraction of sp³-hybridized carbons (Fsp3) is 0.556. The van der Waals surface area contributed by atoms with Crippen molar-refractivity contribution in [3.8, 4) is 0 Å². The molecule has 2 aliphatic heterocycles. The van der Waals surface area contributed by atoms with E-state index in [1.54, 1.807) is 0 Å². The number of amides is 1. The lowest BCUT2D eigenvalue weighted by Crippen LogP contribution is -2.57. The zero-order valence-electron chi connectivity index (χ0n) is 14.1. The second-order valence-electron chi connectivity index (χ2n) is 6.65. The van der Waals surface area contributed by atoms with Crippen molar-refractivity contribution in [3.05, 3.63) is 30.1 Å². The highest BCUT2D eigenvalue weighted by molar-refractivity contribution is 5.83. The summed E-state index contributed by atoms with van der Waals surface area (Å²) in [6, 6.07) is 8.05. The van der Waals surface area contributed by atoms with Gasteiger partial charge in [-0.2, -0.15) is 0 Å². The van der Waals surface area contributed by atoms with Crippen LogP contribution in [0.4, 0.5) is 0 Å². The Balaban J connectivity index is 1.39. The molecule has 0 radical (unpaired) electrons. The van der Waals surface area contributed by atoms with Gasteiger partial charge in [-0.05, 0) is 18.6 Å². The molecule has 1 atom stereocenters. The van der Waals surface area contributed by atoms with E-state index in [1.807, 2.05) is 29.2 Å². The Morgan fingerprint density at radius 1 is 1.33 bits per heavy atom. The SMILES string of the molecule is CC[C@H](C(=O)N1CC(c2nc3ccccc3[nH]2)C1)N1CCOCC1. The molecule has 6 nitrogen and oxygen atoms in total. The molecule has 2 aromatic rings. The zero-order chi connectivity index (χ0) is 16.5. The van der Waals surface area contributed by atoms with Crippen molar-refractivity contribution in [2.75, 3.05) is 39.4 Å². The number of hydrogen-bond acceptors (Lipinski definition) is 4. The summed E-state index contributed by atoms with van der Waals surface area (Å²) in [6.45, 7) is 6.78. The van der Waals surface area contributed by atoms with E-state index in [0.29, 0.717) is 5.92 Å². The van der Waals surface area contributed by atoms with Crippen LogP contribution in [0, 0.1) is 0 Å². The van der Waals surface area contributed by atoms with Crippen molar-refractivity contribution in [2.24, 2.45) is 0 Å². The Bertz CT molecular complexity index is 684. The van der Waals surface area contributed by atoms with Gasteiger partial charge in [-0.3, -0.25) is 9.69 Å². The monoisotopic (exact) mass is 328 g/mol. The maximum atomic E-state index is 12.8. The predicted octanol–water partition coefficient (Wildman–Crippen LogP) is 1.60. The first-order chi connectivity index (χ1) is 11.8. The van der Waals surface area contributed by atoms with Gasteiger partial charge < -0.3 is 14.6 Å². The van der Waals surface area contributed by atoms with Crippen LogP contribution in [-0.4, -0.2) is 71.1 Å².